The average molecular weight is 282 g/mol. The summed E-state index contributed by atoms with van der Waals surface area (Å²) in [6.07, 6.45) is 2.10. The Morgan fingerprint density at radius 3 is 2.50 bits per heavy atom. The molecule has 0 heterocycles. The lowest BCUT2D eigenvalue weighted by Gasteiger charge is -2.17. The van der Waals surface area contributed by atoms with Crippen LogP contribution in [0, 0.1) is 11.7 Å². The van der Waals surface area contributed by atoms with E-state index < -0.39 is 11.7 Å². The zero-order valence-electron chi connectivity index (χ0n) is 11.6. The fourth-order valence-corrected chi connectivity index (χ4v) is 2.14. The van der Waals surface area contributed by atoms with Gasteiger partial charge < -0.3 is 20.5 Å². The molecule has 3 N–H and O–H groups in total. The second kappa shape index (κ2) is 6.09. The highest BCUT2D eigenvalue weighted by Gasteiger charge is 2.32. The predicted molar refractivity (Wildman–Crippen MR) is 72.5 cm³/mol. The summed E-state index contributed by atoms with van der Waals surface area (Å²) in [4.78, 5) is 12.1. The molecule has 0 radical (unpaired) electrons. The molecule has 0 saturated heterocycles. The largest absolute Gasteiger partial charge is 0.493 e. The van der Waals surface area contributed by atoms with Gasteiger partial charge in [0.25, 0.3) is 5.91 Å². The van der Waals surface area contributed by atoms with Crippen LogP contribution in [0.3, 0.4) is 0 Å². The van der Waals surface area contributed by atoms with Gasteiger partial charge in [0, 0.05) is 18.7 Å². The van der Waals surface area contributed by atoms with Crippen molar-refractivity contribution in [2.75, 3.05) is 20.8 Å². The lowest BCUT2D eigenvalue weighted by Crippen LogP contribution is -2.42. The summed E-state index contributed by atoms with van der Waals surface area (Å²) in [5.74, 6) is -0.154. The van der Waals surface area contributed by atoms with Crippen LogP contribution in [0.25, 0.3) is 0 Å². The lowest BCUT2D eigenvalue weighted by molar-refractivity contribution is 0.0929. The predicted octanol–water partition coefficient (Wildman–Crippen LogP) is 1.31. The van der Waals surface area contributed by atoms with Gasteiger partial charge in [-0.25, -0.2) is 4.39 Å². The quantitative estimate of drug-likeness (QED) is 0.825. The number of nitrogens with two attached hydrogens (primary N) is 1. The van der Waals surface area contributed by atoms with Gasteiger partial charge in [0.2, 0.25) is 0 Å². The first kappa shape index (κ1) is 14.6. The van der Waals surface area contributed by atoms with Crippen LogP contribution in [0.4, 0.5) is 4.39 Å². The maximum Gasteiger partial charge on any atom is 0.254 e. The number of benzene rings is 1. The highest BCUT2D eigenvalue weighted by Crippen LogP contribution is 2.33. The first-order valence-electron chi connectivity index (χ1n) is 6.53. The van der Waals surface area contributed by atoms with Crippen LogP contribution >= 0.6 is 0 Å². The summed E-state index contributed by atoms with van der Waals surface area (Å²) in [7, 11) is 2.85. The SMILES string of the molecule is COc1cc(F)c(C(=O)NC(CN)C2CC2)cc1OC. The van der Waals surface area contributed by atoms with Crippen molar-refractivity contribution in [2.45, 2.75) is 18.9 Å². The van der Waals surface area contributed by atoms with Crippen LogP contribution in [0.15, 0.2) is 12.1 Å². The molecule has 1 unspecified atom stereocenters. The fourth-order valence-electron chi connectivity index (χ4n) is 2.14. The Balaban J connectivity index is 2.20. The number of carbonyl (C=O) groups is 1. The van der Waals surface area contributed by atoms with Gasteiger partial charge in [-0.05, 0) is 24.8 Å². The molecule has 110 valence electrons. The molecular formula is C14H19FN2O3. The second-order valence-corrected chi connectivity index (χ2v) is 4.84. The van der Waals surface area contributed by atoms with Crippen molar-refractivity contribution in [3.8, 4) is 11.5 Å². The molecule has 6 heteroatoms. The van der Waals surface area contributed by atoms with Gasteiger partial charge >= 0.3 is 0 Å². The molecule has 0 aromatic heterocycles. The molecule has 0 spiro atoms. The van der Waals surface area contributed by atoms with E-state index in [-0.39, 0.29) is 17.4 Å². The van der Waals surface area contributed by atoms with Crippen LogP contribution in [0.5, 0.6) is 11.5 Å². The zero-order chi connectivity index (χ0) is 14.7. The number of hydrogen-bond acceptors (Lipinski definition) is 4. The van der Waals surface area contributed by atoms with Crippen molar-refractivity contribution in [3.05, 3.63) is 23.5 Å². The van der Waals surface area contributed by atoms with Gasteiger partial charge in [-0.2, -0.15) is 0 Å². The van der Waals surface area contributed by atoms with Crippen molar-refractivity contribution in [2.24, 2.45) is 11.7 Å². The second-order valence-electron chi connectivity index (χ2n) is 4.84. The number of carbonyl (C=O) groups excluding carboxylic acids is 1. The Morgan fingerprint density at radius 2 is 2.00 bits per heavy atom. The number of halogens is 1. The number of hydrogen-bond donors (Lipinski definition) is 2. The minimum Gasteiger partial charge on any atom is -0.493 e. The van der Waals surface area contributed by atoms with Crippen LogP contribution < -0.4 is 20.5 Å². The van der Waals surface area contributed by atoms with Gasteiger partial charge in [-0.1, -0.05) is 0 Å². The Bertz CT molecular complexity index is 503. The number of methoxy groups -OCH3 is 2. The van der Waals surface area contributed by atoms with Gasteiger partial charge in [0.1, 0.15) is 5.82 Å². The van der Waals surface area contributed by atoms with E-state index in [1.54, 1.807) is 0 Å². The Hall–Kier alpha value is -1.82. The van der Waals surface area contributed by atoms with Crippen molar-refractivity contribution in [3.63, 3.8) is 0 Å². The molecule has 20 heavy (non-hydrogen) atoms. The number of amides is 1. The van der Waals surface area contributed by atoms with Crippen molar-refractivity contribution in [1.82, 2.24) is 5.32 Å². The van der Waals surface area contributed by atoms with Crippen LogP contribution in [-0.2, 0) is 0 Å². The van der Waals surface area contributed by atoms with Crippen molar-refractivity contribution < 1.29 is 18.7 Å². The Morgan fingerprint density at radius 1 is 1.40 bits per heavy atom. The summed E-state index contributed by atoms with van der Waals surface area (Å²) < 4.78 is 24.0. The maximum atomic E-state index is 13.9. The van der Waals surface area contributed by atoms with Crippen molar-refractivity contribution in [1.29, 1.82) is 0 Å². The normalized spacial score (nSPS) is 15.6. The average Bonchev–Trinajstić information content (AvgIpc) is 3.28. The third-order valence-corrected chi connectivity index (χ3v) is 3.48. The lowest BCUT2D eigenvalue weighted by atomic mass is 10.1. The molecule has 1 atom stereocenters. The number of ether oxygens (including phenoxy) is 2. The minimum absolute atomic E-state index is 0.0678. The molecule has 1 saturated carbocycles. The first-order chi connectivity index (χ1) is 9.60. The first-order valence-corrected chi connectivity index (χ1v) is 6.53. The minimum atomic E-state index is -0.647. The van der Waals surface area contributed by atoms with E-state index in [1.807, 2.05) is 0 Å². The molecular weight excluding hydrogens is 263 g/mol. The number of rotatable bonds is 6. The van der Waals surface area contributed by atoms with Crippen LogP contribution in [-0.4, -0.2) is 32.7 Å². The van der Waals surface area contributed by atoms with Crippen molar-refractivity contribution >= 4 is 5.91 Å². The summed E-state index contributed by atoms with van der Waals surface area (Å²) in [5, 5.41) is 2.77. The van der Waals surface area contributed by atoms with E-state index in [4.69, 9.17) is 15.2 Å². The highest BCUT2D eigenvalue weighted by molar-refractivity contribution is 5.95. The van der Waals surface area contributed by atoms with E-state index >= 15 is 0 Å². The topological polar surface area (TPSA) is 73.6 Å². The van der Waals surface area contributed by atoms with Gasteiger partial charge in [-0.15, -0.1) is 0 Å². The molecule has 1 amide bonds. The summed E-state index contributed by atoms with van der Waals surface area (Å²) >= 11 is 0. The van der Waals surface area contributed by atoms with Crippen LogP contribution in [0.1, 0.15) is 23.2 Å². The molecule has 1 aromatic rings. The Kier molecular flexibility index (Phi) is 4.44. The van der Waals surface area contributed by atoms with E-state index in [0.717, 1.165) is 18.9 Å². The Labute approximate surface area is 117 Å². The third kappa shape index (κ3) is 3.01. The van der Waals surface area contributed by atoms with E-state index in [2.05, 4.69) is 5.32 Å². The maximum absolute atomic E-state index is 13.9. The van der Waals surface area contributed by atoms with E-state index in [9.17, 15) is 9.18 Å². The molecule has 1 aliphatic rings. The molecule has 2 rings (SSSR count). The summed E-state index contributed by atoms with van der Waals surface area (Å²) in [5.41, 5.74) is 5.56. The number of nitrogens with one attached hydrogen (secondary N) is 1. The molecule has 0 bridgehead atoms. The fraction of sp³-hybridized carbons (Fsp3) is 0.500. The summed E-state index contributed by atoms with van der Waals surface area (Å²) in [6, 6.07) is 2.38. The van der Waals surface area contributed by atoms with Gasteiger partial charge in [-0.3, -0.25) is 4.79 Å². The van der Waals surface area contributed by atoms with Gasteiger partial charge in [0.05, 0.1) is 19.8 Å². The van der Waals surface area contributed by atoms with E-state index in [1.165, 1.54) is 20.3 Å². The monoisotopic (exact) mass is 282 g/mol. The third-order valence-electron chi connectivity index (χ3n) is 3.48. The van der Waals surface area contributed by atoms with Crippen LogP contribution in [0.2, 0.25) is 0 Å². The molecule has 5 nitrogen and oxygen atoms in total. The van der Waals surface area contributed by atoms with Gasteiger partial charge in [0.15, 0.2) is 11.5 Å². The van der Waals surface area contributed by atoms with E-state index in [0.29, 0.717) is 18.2 Å². The summed E-state index contributed by atoms with van der Waals surface area (Å²) in [6.45, 7) is 0.352. The molecule has 1 fully saturated rings. The molecule has 1 aliphatic carbocycles. The molecule has 1 aromatic carbocycles. The zero-order valence-corrected chi connectivity index (χ0v) is 11.6. The smallest absolute Gasteiger partial charge is 0.254 e. The standard InChI is InChI=1S/C14H19FN2O3/c1-19-12-5-9(10(15)6-13(12)20-2)14(18)17-11(7-16)8-3-4-8/h5-6,8,11H,3-4,7,16H2,1-2H3,(H,17,18). The molecule has 0 aliphatic heterocycles. The highest BCUT2D eigenvalue weighted by atomic mass is 19.1.